The lowest BCUT2D eigenvalue weighted by molar-refractivity contribution is -0.147. The van der Waals surface area contributed by atoms with Gasteiger partial charge in [-0.25, -0.2) is 4.79 Å². The van der Waals surface area contributed by atoms with Gasteiger partial charge in [0.25, 0.3) is 0 Å². The summed E-state index contributed by atoms with van der Waals surface area (Å²) in [5.74, 6) is -1.01. The highest BCUT2D eigenvalue weighted by atomic mass is 16.6. The van der Waals surface area contributed by atoms with Crippen LogP contribution in [0.1, 0.15) is 64.9 Å². The summed E-state index contributed by atoms with van der Waals surface area (Å²) in [6.07, 6.45) is 5.06. The van der Waals surface area contributed by atoms with Crippen molar-refractivity contribution in [3.8, 4) is 0 Å². The first-order valence-corrected chi connectivity index (χ1v) is 11.1. The molecule has 2 amide bonds. The maximum absolute atomic E-state index is 13.2. The smallest absolute Gasteiger partial charge is 0.408 e. The Morgan fingerprint density at radius 3 is 2.29 bits per heavy atom. The average Bonchev–Trinajstić information content (AvgIpc) is 2.68. The van der Waals surface area contributed by atoms with Gasteiger partial charge in [-0.15, -0.1) is 0 Å². The van der Waals surface area contributed by atoms with Crippen LogP contribution in [0, 0.1) is 5.92 Å². The van der Waals surface area contributed by atoms with Crippen LogP contribution in [0.15, 0.2) is 30.3 Å². The Labute approximate surface area is 185 Å². The topological polar surface area (TPSA) is 93.7 Å². The Bertz CT molecular complexity index is 729. The van der Waals surface area contributed by atoms with Crippen molar-refractivity contribution in [2.75, 3.05) is 7.11 Å². The number of nitrogens with one attached hydrogen (secondary N) is 2. The molecule has 2 rings (SSSR count). The van der Waals surface area contributed by atoms with E-state index in [-0.39, 0.29) is 23.8 Å². The van der Waals surface area contributed by atoms with E-state index < -0.39 is 17.7 Å². The number of methoxy groups -OCH3 is 1. The molecule has 1 aromatic carbocycles. The van der Waals surface area contributed by atoms with Crippen molar-refractivity contribution < 1.29 is 23.9 Å². The van der Waals surface area contributed by atoms with E-state index in [1.807, 2.05) is 30.3 Å². The summed E-state index contributed by atoms with van der Waals surface area (Å²) in [7, 11) is 1.38. The molecule has 7 nitrogen and oxygen atoms in total. The fraction of sp³-hybridized carbons (Fsp3) is 0.625. The van der Waals surface area contributed by atoms with Gasteiger partial charge in [-0.1, -0.05) is 56.0 Å². The van der Waals surface area contributed by atoms with Gasteiger partial charge in [-0.3, -0.25) is 9.59 Å². The maximum Gasteiger partial charge on any atom is 0.408 e. The molecule has 1 aliphatic carbocycles. The Hall–Kier alpha value is -2.57. The molecule has 7 heteroatoms. The number of benzene rings is 1. The van der Waals surface area contributed by atoms with E-state index in [2.05, 4.69) is 10.6 Å². The van der Waals surface area contributed by atoms with E-state index in [9.17, 15) is 14.4 Å². The largest absolute Gasteiger partial charge is 0.469 e. The van der Waals surface area contributed by atoms with Gasteiger partial charge in [-0.2, -0.15) is 0 Å². The van der Waals surface area contributed by atoms with Crippen LogP contribution in [-0.4, -0.2) is 42.8 Å². The highest BCUT2D eigenvalue weighted by Crippen LogP contribution is 2.24. The fourth-order valence-electron chi connectivity index (χ4n) is 3.88. The molecule has 0 radical (unpaired) electrons. The Balaban J connectivity index is 2.16. The quantitative estimate of drug-likeness (QED) is 0.668. The molecule has 1 aromatic rings. The second-order valence-corrected chi connectivity index (χ2v) is 9.12. The highest BCUT2D eigenvalue weighted by molar-refractivity contribution is 5.87. The Kier molecular flexibility index (Phi) is 9.34. The van der Waals surface area contributed by atoms with Crippen LogP contribution in [0.3, 0.4) is 0 Å². The van der Waals surface area contributed by atoms with E-state index in [1.165, 1.54) is 7.11 Å². The predicted molar refractivity (Wildman–Crippen MR) is 118 cm³/mol. The number of carbonyl (C=O) groups excluding carboxylic acids is 3. The molecule has 31 heavy (non-hydrogen) atoms. The average molecular weight is 433 g/mol. The number of esters is 1. The summed E-state index contributed by atoms with van der Waals surface area (Å²) < 4.78 is 10.3. The van der Waals surface area contributed by atoms with Crippen LogP contribution in [0.5, 0.6) is 0 Å². The fourth-order valence-corrected chi connectivity index (χ4v) is 3.88. The molecule has 0 heterocycles. The van der Waals surface area contributed by atoms with Crippen LogP contribution in [0.2, 0.25) is 0 Å². The van der Waals surface area contributed by atoms with Crippen LogP contribution < -0.4 is 10.6 Å². The summed E-state index contributed by atoms with van der Waals surface area (Å²) in [6, 6.07) is 8.35. The van der Waals surface area contributed by atoms with Crippen LogP contribution >= 0.6 is 0 Å². The minimum Gasteiger partial charge on any atom is -0.469 e. The normalized spacial score (nSPS) is 20.5. The zero-order valence-electron chi connectivity index (χ0n) is 19.1. The molecule has 1 aliphatic rings. The van der Waals surface area contributed by atoms with Crippen molar-refractivity contribution in [3.05, 3.63) is 35.9 Å². The minimum absolute atomic E-state index is 0.299. The van der Waals surface area contributed by atoms with Gasteiger partial charge in [0.15, 0.2) is 0 Å². The number of amides is 2. The van der Waals surface area contributed by atoms with Gasteiger partial charge in [0.05, 0.1) is 13.0 Å². The van der Waals surface area contributed by atoms with E-state index in [4.69, 9.17) is 9.47 Å². The van der Waals surface area contributed by atoms with Crippen molar-refractivity contribution in [2.45, 2.75) is 83.4 Å². The predicted octanol–water partition coefficient (Wildman–Crippen LogP) is 3.75. The van der Waals surface area contributed by atoms with E-state index in [1.54, 1.807) is 20.8 Å². The monoisotopic (exact) mass is 432 g/mol. The standard InChI is InChI=1S/C24H36N2O5/c1-24(2,3)31-23(29)26-20(16-17-12-8-7-9-13-17)21(27)25-19-15-11-6-5-10-14-18(19)22(28)30-4/h7-9,12-13,18-20H,5-6,10-11,14-16H2,1-4H3,(H,25,27)(H,26,29)/t18-,19+,20+/m1/s1. The lowest BCUT2D eigenvalue weighted by Crippen LogP contribution is -2.54. The van der Waals surface area contributed by atoms with Gasteiger partial charge >= 0.3 is 12.1 Å². The summed E-state index contributed by atoms with van der Waals surface area (Å²) in [5.41, 5.74) is 0.244. The molecule has 0 unspecified atom stereocenters. The zero-order valence-corrected chi connectivity index (χ0v) is 19.1. The molecule has 2 N–H and O–H groups in total. The Morgan fingerprint density at radius 2 is 1.68 bits per heavy atom. The molecule has 0 spiro atoms. The van der Waals surface area contributed by atoms with Gasteiger partial charge in [-0.05, 0) is 39.2 Å². The molecular weight excluding hydrogens is 396 g/mol. The first-order chi connectivity index (χ1) is 14.7. The maximum atomic E-state index is 13.2. The summed E-state index contributed by atoms with van der Waals surface area (Å²) in [5, 5.41) is 5.74. The van der Waals surface area contributed by atoms with Gasteiger partial charge in [0.2, 0.25) is 5.91 Å². The minimum atomic E-state index is -0.819. The van der Waals surface area contributed by atoms with Crippen molar-refractivity contribution in [3.63, 3.8) is 0 Å². The first-order valence-electron chi connectivity index (χ1n) is 11.1. The van der Waals surface area contributed by atoms with Crippen LogP contribution in [0.4, 0.5) is 4.79 Å². The van der Waals surface area contributed by atoms with Crippen molar-refractivity contribution in [2.24, 2.45) is 5.92 Å². The third-order valence-corrected chi connectivity index (χ3v) is 5.39. The lowest BCUT2D eigenvalue weighted by Gasteiger charge is -2.30. The van der Waals surface area contributed by atoms with Crippen molar-refractivity contribution in [1.29, 1.82) is 0 Å². The van der Waals surface area contributed by atoms with Gasteiger partial charge in [0, 0.05) is 12.5 Å². The first kappa shape index (κ1) is 24.7. The summed E-state index contributed by atoms with van der Waals surface area (Å²) in [6.45, 7) is 5.32. The van der Waals surface area contributed by atoms with Crippen molar-refractivity contribution in [1.82, 2.24) is 10.6 Å². The molecule has 1 saturated carbocycles. The number of hydrogen-bond acceptors (Lipinski definition) is 5. The molecule has 3 atom stereocenters. The third-order valence-electron chi connectivity index (χ3n) is 5.39. The summed E-state index contributed by atoms with van der Waals surface area (Å²) >= 11 is 0. The zero-order chi connectivity index (χ0) is 22.9. The molecule has 0 saturated heterocycles. The Morgan fingerprint density at radius 1 is 1.03 bits per heavy atom. The molecular formula is C24H36N2O5. The van der Waals surface area contributed by atoms with Gasteiger partial charge in [0.1, 0.15) is 11.6 Å². The number of carbonyl (C=O) groups is 3. The molecule has 172 valence electrons. The third kappa shape index (κ3) is 8.59. The van der Waals surface area contributed by atoms with E-state index in [0.717, 1.165) is 31.2 Å². The second-order valence-electron chi connectivity index (χ2n) is 9.12. The van der Waals surface area contributed by atoms with Crippen LogP contribution in [0.25, 0.3) is 0 Å². The molecule has 0 aliphatic heterocycles. The van der Waals surface area contributed by atoms with E-state index in [0.29, 0.717) is 19.3 Å². The molecule has 0 bridgehead atoms. The van der Waals surface area contributed by atoms with Crippen LogP contribution in [-0.2, 0) is 25.5 Å². The lowest BCUT2D eigenvalue weighted by atomic mass is 9.86. The second kappa shape index (κ2) is 11.7. The SMILES string of the molecule is COC(=O)[C@@H]1CCCCCC[C@@H]1NC(=O)[C@H](Cc1ccccc1)NC(=O)OC(C)(C)C. The number of rotatable bonds is 6. The molecule has 1 fully saturated rings. The number of alkyl carbamates (subject to hydrolysis) is 1. The van der Waals surface area contributed by atoms with Gasteiger partial charge < -0.3 is 20.1 Å². The number of hydrogen-bond donors (Lipinski definition) is 2. The summed E-state index contributed by atoms with van der Waals surface area (Å²) in [4.78, 5) is 38.0. The van der Waals surface area contributed by atoms with E-state index >= 15 is 0 Å². The molecule has 0 aromatic heterocycles. The van der Waals surface area contributed by atoms with Crippen molar-refractivity contribution >= 4 is 18.0 Å². The number of ether oxygens (including phenoxy) is 2. The highest BCUT2D eigenvalue weighted by Gasteiger charge is 2.33.